The van der Waals surface area contributed by atoms with Gasteiger partial charge in [-0.3, -0.25) is 9.71 Å². The topological polar surface area (TPSA) is 122 Å². The molecule has 0 saturated heterocycles. The number of hydrogen-bond donors (Lipinski definition) is 1. The molecule has 11 heteroatoms. The van der Waals surface area contributed by atoms with Crippen LogP contribution in [0, 0.1) is 0 Å². The van der Waals surface area contributed by atoms with Gasteiger partial charge >= 0.3 is 0 Å². The van der Waals surface area contributed by atoms with E-state index in [-0.39, 0.29) is 22.2 Å². The van der Waals surface area contributed by atoms with E-state index in [4.69, 9.17) is 23.5 Å². The Balaban J connectivity index is 1.80. The third kappa shape index (κ3) is 4.10. The van der Waals surface area contributed by atoms with Crippen LogP contribution in [0.5, 0.6) is 23.0 Å². The Hall–Kier alpha value is -3.99. The van der Waals surface area contributed by atoms with Gasteiger partial charge in [-0.1, -0.05) is 11.2 Å². The summed E-state index contributed by atoms with van der Waals surface area (Å²) in [5, 5.41) is 4.28. The van der Waals surface area contributed by atoms with Crippen molar-refractivity contribution >= 4 is 26.8 Å². The van der Waals surface area contributed by atoms with Crippen molar-refractivity contribution in [1.82, 2.24) is 10.1 Å². The van der Waals surface area contributed by atoms with E-state index >= 15 is 0 Å². The summed E-state index contributed by atoms with van der Waals surface area (Å²) in [6.07, 6.45) is 3.25. The molecule has 0 unspecified atom stereocenters. The first kappa shape index (κ1) is 22.2. The molecule has 2 aromatic carbocycles. The minimum absolute atomic E-state index is 0.0369. The van der Waals surface area contributed by atoms with E-state index in [1.165, 1.54) is 33.5 Å². The fourth-order valence-electron chi connectivity index (χ4n) is 3.38. The minimum Gasteiger partial charge on any atom is -0.496 e. The molecule has 10 nitrogen and oxygen atoms in total. The van der Waals surface area contributed by atoms with Gasteiger partial charge < -0.3 is 23.5 Å². The van der Waals surface area contributed by atoms with Crippen molar-refractivity contribution in [3.05, 3.63) is 48.8 Å². The molecule has 1 N–H and O–H groups in total. The first-order valence-corrected chi connectivity index (χ1v) is 11.1. The summed E-state index contributed by atoms with van der Waals surface area (Å²) in [6, 6.07) is 9.92. The average molecular weight is 471 g/mol. The van der Waals surface area contributed by atoms with E-state index in [1.807, 2.05) is 6.07 Å². The summed E-state index contributed by atoms with van der Waals surface area (Å²) in [7, 11) is 1.60. The molecule has 2 aromatic heterocycles. The standard InChI is InChI=1S/C22H21N3O7S/c1-28-15-8-14(11-23-12-15)13-9-18(31-4)20-19(10-13)32-24-22(20)25-33(26,27)21-16(29-2)6-5-7-17(21)30-3/h5-12H,1-4H3,(H,24,25). The Kier molecular flexibility index (Phi) is 5.97. The number of nitrogens with one attached hydrogen (secondary N) is 1. The first-order chi connectivity index (χ1) is 15.9. The zero-order valence-electron chi connectivity index (χ0n) is 18.3. The molecule has 4 aromatic rings. The highest BCUT2D eigenvalue weighted by Gasteiger charge is 2.28. The molecular formula is C22H21N3O7S. The van der Waals surface area contributed by atoms with Crippen LogP contribution in [0.4, 0.5) is 5.82 Å². The van der Waals surface area contributed by atoms with Crippen LogP contribution in [0.3, 0.4) is 0 Å². The Morgan fingerprint density at radius 3 is 2.18 bits per heavy atom. The van der Waals surface area contributed by atoms with Crippen molar-refractivity contribution in [3.8, 4) is 34.1 Å². The van der Waals surface area contributed by atoms with Gasteiger partial charge in [-0.25, -0.2) is 8.42 Å². The van der Waals surface area contributed by atoms with Crippen molar-refractivity contribution in [2.75, 3.05) is 33.2 Å². The van der Waals surface area contributed by atoms with Gasteiger partial charge in [0.2, 0.25) is 0 Å². The molecule has 0 saturated carbocycles. The smallest absolute Gasteiger partial charge is 0.270 e. The molecule has 33 heavy (non-hydrogen) atoms. The lowest BCUT2D eigenvalue weighted by Crippen LogP contribution is -2.15. The monoisotopic (exact) mass is 471 g/mol. The van der Waals surface area contributed by atoms with Crippen LogP contribution in [0.1, 0.15) is 0 Å². The number of ether oxygens (including phenoxy) is 4. The molecule has 0 radical (unpaired) electrons. The highest BCUT2D eigenvalue weighted by Crippen LogP contribution is 2.39. The first-order valence-electron chi connectivity index (χ1n) is 9.62. The van der Waals surface area contributed by atoms with Crippen LogP contribution in [0.25, 0.3) is 22.1 Å². The SMILES string of the molecule is COc1cncc(-c2cc(OC)c3c(NS(=O)(=O)c4c(OC)cccc4OC)noc3c2)c1. The molecule has 172 valence electrons. The number of anilines is 1. The maximum Gasteiger partial charge on any atom is 0.270 e. The second-order valence-corrected chi connectivity index (χ2v) is 8.41. The number of hydrogen-bond acceptors (Lipinski definition) is 9. The second-order valence-electron chi connectivity index (χ2n) is 6.79. The van der Waals surface area contributed by atoms with Gasteiger partial charge in [0.1, 0.15) is 28.4 Å². The van der Waals surface area contributed by atoms with E-state index in [0.29, 0.717) is 22.5 Å². The molecule has 0 bridgehead atoms. The summed E-state index contributed by atoms with van der Waals surface area (Å²) < 4.78 is 55.6. The maximum absolute atomic E-state index is 13.2. The molecule has 0 aliphatic heterocycles. The molecule has 0 spiro atoms. The van der Waals surface area contributed by atoms with E-state index in [0.717, 1.165) is 11.1 Å². The van der Waals surface area contributed by atoms with Crippen molar-refractivity contribution < 1.29 is 31.9 Å². The Labute approximate surface area is 190 Å². The number of aromatic nitrogens is 2. The third-order valence-electron chi connectivity index (χ3n) is 4.92. The second kappa shape index (κ2) is 8.87. The number of rotatable bonds is 8. The highest BCUT2D eigenvalue weighted by molar-refractivity contribution is 7.93. The predicted octanol–water partition coefficient (Wildman–Crippen LogP) is 3.73. The lowest BCUT2D eigenvalue weighted by Gasteiger charge is -2.14. The van der Waals surface area contributed by atoms with Gasteiger partial charge in [-0.2, -0.15) is 0 Å². The molecule has 0 aliphatic carbocycles. The zero-order valence-corrected chi connectivity index (χ0v) is 19.1. The van der Waals surface area contributed by atoms with Crippen LogP contribution in [-0.2, 0) is 10.0 Å². The number of sulfonamides is 1. The van der Waals surface area contributed by atoms with Crippen LogP contribution < -0.4 is 23.7 Å². The van der Waals surface area contributed by atoms with Crippen molar-refractivity contribution in [2.24, 2.45) is 0 Å². The average Bonchev–Trinajstić information content (AvgIpc) is 3.24. The van der Waals surface area contributed by atoms with Gasteiger partial charge in [0.25, 0.3) is 10.0 Å². The quantitative estimate of drug-likeness (QED) is 0.409. The van der Waals surface area contributed by atoms with Gasteiger partial charge in [0.15, 0.2) is 16.3 Å². The molecule has 0 amide bonds. The van der Waals surface area contributed by atoms with Crippen LogP contribution >= 0.6 is 0 Å². The Morgan fingerprint density at radius 2 is 1.55 bits per heavy atom. The van der Waals surface area contributed by atoms with Crippen molar-refractivity contribution in [3.63, 3.8) is 0 Å². The number of methoxy groups -OCH3 is 4. The van der Waals surface area contributed by atoms with E-state index < -0.39 is 10.0 Å². The predicted molar refractivity (Wildman–Crippen MR) is 121 cm³/mol. The molecule has 0 aliphatic rings. The van der Waals surface area contributed by atoms with Crippen molar-refractivity contribution in [2.45, 2.75) is 4.90 Å². The largest absolute Gasteiger partial charge is 0.496 e. The minimum atomic E-state index is -4.16. The van der Waals surface area contributed by atoms with Gasteiger partial charge in [0, 0.05) is 11.8 Å². The summed E-state index contributed by atoms with van der Waals surface area (Å²) in [5.74, 6) is 1.15. The van der Waals surface area contributed by atoms with E-state index in [9.17, 15) is 8.42 Å². The van der Waals surface area contributed by atoms with Crippen LogP contribution in [0.2, 0.25) is 0 Å². The Bertz CT molecular complexity index is 1390. The highest BCUT2D eigenvalue weighted by atomic mass is 32.2. The normalized spacial score (nSPS) is 11.3. The molecular weight excluding hydrogens is 450 g/mol. The van der Waals surface area contributed by atoms with Gasteiger partial charge in [-0.15, -0.1) is 0 Å². The Morgan fingerprint density at radius 1 is 0.848 bits per heavy atom. The van der Waals surface area contributed by atoms with Gasteiger partial charge in [0.05, 0.1) is 34.6 Å². The summed E-state index contributed by atoms with van der Waals surface area (Å²) >= 11 is 0. The summed E-state index contributed by atoms with van der Waals surface area (Å²) in [4.78, 5) is 4.00. The van der Waals surface area contributed by atoms with Crippen LogP contribution in [0.15, 0.2) is 58.2 Å². The molecule has 0 atom stereocenters. The lowest BCUT2D eigenvalue weighted by molar-refractivity contribution is 0.373. The number of pyridine rings is 1. The third-order valence-corrected chi connectivity index (χ3v) is 6.32. The number of benzene rings is 2. The molecule has 2 heterocycles. The maximum atomic E-state index is 13.2. The lowest BCUT2D eigenvalue weighted by atomic mass is 10.1. The summed E-state index contributed by atoms with van der Waals surface area (Å²) in [5.41, 5.74) is 1.80. The summed E-state index contributed by atoms with van der Waals surface area (Å²) in [6.45, 7) is 0. The van der Waals surface area contributed by atoms with Gasteiger partial charge in [-0.05, 0) is 35.9 Å². The molecule has 0 fully saturated rings. The number of nitrogens with zero attached hydrogens (tertiary/aromatic N) is 2. The van der Waals surface area contributed by atoms with E-state index in [2.05, 4.69) is 14.9 Å². The van der Waals surface area contributed by atoms with E-state index in [1.54, 1.807) is 37.7 Å². The zero-order chi connectivity index (χ0) is 23.6. The molecule has 4 rings (SSSR count). The fraction of sp³-hybridized carbons (Fsp3) is 0.182. The fourth-order valence-corrected chi connectivity index (χ4v) is 4.71. The van der Waals surface area contributed by atoms with Crippen molar-refractivity contribution in [1.29, 1.82) is 0 Å². The number of fused-ring (bicyclic) bond motifs is 1. The van der Waals surface area contributed by atoms with Crippen LogP contribution in [-0.4, -0.2) is 47.0 Å².